The SMILES string of the molecule is CCCCC[C@@H](O)CC(=O)CCc1ccc2c(c1)O[C@H]1[C@@H](C#C[C@@H](O)c3ccc4c(c3CC3=CN=C5C[NH+]1C=C35)C=CN[C@@H]4N)C1(C#CO2)CCCC1. The molecular formula is C44H49N4O5+. The molecule has 1 aliphatic carbocycles. The van der Waals surface area contributed by atoms with Gasteiger partial charge in [-0.3, -0.25) is 14.7 Å². The molecule has 8 rings (SSSR count). The van der Waals surface area contributed by atoms with E-state index in [0.29, 0.717) is 43.7 Å². The number of rotatable bonds is 9. The van der Waals surface area contributed by atoms with E-state index in [2.05, 4.69) is 42.3 Å². The summed E-state index contributed by atoms with van der Waals surface area (Å²) in [7, 11) is 0. The molecule has 2 aromatic carbocycles. The number of nitrogens with zero attached hydrogens (tertiary/aromatic N) is 1. The second-order valence-corrected chi connectivity index (χ2v) is 15.4. The van der Waals surface area contributed by atoms with Crippen LogP contribution in [-0.4, -0.2) is 40.6 Å². The number of aliphatic hydroxyl groups is 2. The molecule has 0 aromatic heterocycles. The monoisotopic (exact) mass is 713 g/mol. The number of hydrogen-bond donors (Lipinski definition) is 5. The number of nitrogens with one attached hydrogen (secondary N) is 2. The Kier molecular flexibility index (Phi) is 10.0. The maximum atomic E-state index is 12.8. The van der Waals surface area contributed by atoms with Crippen molar-refractivity contribution in [1.82, 2.24) is 5.32 Å². The predicted molar refractivity (Wildman–Crippen MR) is 203 cm³/mol. The third kappa shape index (κ3) is 7.07. The van der Waals surface area contributed by atoms with Crippen LogP contribution in [0.25, 0.3) is 6.08 Å². The van der Waals surface area contributed by atoms with E-state index in [1.165, 1.54) is 0 Å². The second kappa shape index (κ2) is 15.0. The number of hydrogen-bond acceptors (Lipinski definition) is 8. The van der Waals surface area contributed by atoms with E-state index < -0.39 is 23.9 Å². The van der Waals surface area contributed by atoms with Gasteiger partial charge in [-0.2, -0.15) is 0 Å². The summed E-state index contributed by atoms with van der Waals surface area (Å²) in [5, 5.41) is 25.5. The summed E-state index contributed by atoms with van der Waals surface area (Å²) < 4.78 is 13.2. The van der Waals surface area contributed by atoms with E-state index in [1.54, 1.807) is 0 Å². The van der Waals surface area contributed by atoms with E-state index in [-0.39, 0.29) is 24.3 Å². The highest BCUT2D eigenvalue weighted by molar-refractivity contribution is 6.08. The number of ether oxygens (including phenoxy) is 2. The highest BCUT2D eigenvalue weighted by Crippen LogP contribution is 2.47. The van der Waals surface area contributed by atoms with Gasteiger partial charge in [0.1, 0.15) is 48.5 Å². The number of Topliss-reactive ketones (excluding diaryl/α,β-unsaturated/α-hetero) is 1. The van der Waals surface area contributed by atoms with Crippen LogP contribution in [0.15, 0.2) is 65.1 Å². The van der Waals surface area contributed by atoms with Crippen LogP contribution in [0.1, 0.15) is 111 Å². The third-order valence-corrected chi connectivity index (χ3v) is 11.8. The number of aliphatic imine (C=N–C) groups is 1. The summed E-state index contributed by atoms with van der Waals surface area (Å²) in [6, 6.07) is 9.75. The topological polar surface area (TPSA) is 131 Å². The molecule has 9 nitrogen and oxygen atoms in total. The molecule has 0 saturated heterocycles. The quantitative estimate of drug-likeness (QED) is 0.188. The molecule has 1 spiro atoms. The van der Waals surface area contributed by atoms with Crippen molar-refractivity contribution in [2.75, 3.05) is 6.54 Å². The summed E-state index contributed by atoms with van der Waals surface area (Å²) >= 11 is 0. The number of unbranched alkanes of at least 4 members (excludes halogenated alkanes) is 2. The van der Waals surface area contributed by atoms with Gasteiger partial charge < -0.3 is 30.7 Å². The van der Waals surface area contributed by atoms with Crippen molar-refractivity contribution in [3.8, 4) is 35.4 Å². The maximum Gasteiger partial charge on any atom is 0.252 e. The Morgan fingerprint density at radius 3 is 2.85 bits per heavy atom. The van der Waals surface area contributed by atoms with Crippen molar-refractivity contribution >= 4 is 17.6 Å². The van der Waals surface area contributed by atoms with Gasteiger partial charge in [-0.15, -0.1) is 0 Å². The zero-order valence-electron chi connectivity index (χ0n) is 30.4. The van der Waals surface area contributed by atoms with Gasteiger partial charge in [0.2, 0.25) is 0 Å². The van der Waals surface area contributed by atoms with E-state index in [0.717, 1.165) is 94.5 Å². The van der Waals surface area contributed by atoms with Gasteiger partial charge in [-0.05, 0) is 83.5 Å². The molecule has 0 radical (unpaired) electrons. The Bertz CT molecular complexity index is 2030. The number of benzene rings is 2. The smallest absolute Gasteiger partial charge is 0.252 e. The molecule has 6 atom stereocenters. The number of quaternary nitrogens is 1. The van der Waals surface area contributed by atoms with Crippen LogP contribution < -0.4 is 25.4 Å². The molecule has 1 fully saturated rings. The van der Waals surface area contributed by atoms with Crippen LogP contribution in [0.3, 0.4) is 0 Å². The molecule has 53 heavy (non-hydrogen) atoms. The first kappa shape index (κ1) is 35.4. The minimum Gasteiger partial charge on any atom is -0.437 e. The van der Waals surface area contributed by atoms with Crippen molar-refractivity contribution < 1.29 is 29.4 Å². The van der Waals surface area contributed by atoms with Crippen LogP contribution in [0.2, 0.25) is 0 Å². The van der Waals surface area contributed by atoms with Gasteiger partial charge in [-0.1, -0.05) is 75.0 Å². The average Bonchev–Trinajstić information content (AvgIpc) is 3.89. The van der Waals surface area contributed by atoms with E-state index in [1.807, 2.05) is 48.8 Å². The van der Waals surface area contributed by atoms with Crippen molar-refractivity contribution in [2.24, 2.45) is 22.1 Å². The zero-order chi connectivity index (χ0) is 36.5. The van der Waals surface area contributed by atoms with Crippen molar-refractivity contribution in [1.29, 1.82) is 0 Å². The molecule has 1 saturated carbocycles. The van der Waals surface area contributed by atoms with Crippen molar-refractivity contribution in [3.63, 3.8) is 0 Å². The maximum absolute atomic E-state index is 12.8. The minimum absolute atomic E-state index is 0.0545. The Labute approximate surface area is 312 Å². The van der Waals surface area contributed by atoms with Crippen LogP contribution >= 0.6 is 0 Å². The highest BCUT2D eigenvalue weighted by Gasteiger charge is 2.51. The minimum atomic E-state index is -1.04. The molecule has 9 heteroatoms. The number of aliphatic hydroxyl groups excluding tert-OH is 2. The highest BCUT2D eigenvalue weighted by atomic mass is 16.5. The lowest BCUT2D eigenvalue weighted by Crippen LogP contribution is -3.13. The number of carbonyl (C=O) groups is 1. The Morgan fingerprint density at radius 1 is 1.15 bits per heavy atom. The number of fused-ring (bicyclic) bond motifs is 8. The number of aryl methyl sites for hydroxylation is 1. The van der Waals surface area contributed by atoms with Crippen molar-refractivity contribution in [3.05, 3.63) is 87.9 Å². The average molecular weight is 714 g/mol. The molecule has 1 unspecified atom stereocenters. The fraction of sp³-hybridized carbons (Fsp3) is 0.455. The number of ketones is 1. The summed E-state index contributed by atoms with van der Waals surface area (Å²) in [6.45, 7) is 2.76. The summed E-state index contributed by atoms with van der Waals surface area (Å²) in [6.07, 6.45) is 17.8. The lowest BCUT2D eigenvalue weighted by molar-refractivity contribution is -0.888. The van der Waals surface area contributed by atoms with Crippen LogP contribution in [0, 0.1) is 35.2 Å². The first-order valence-corrected chi connectivity index (χ1v) is 19.4. The Balaban J connectivity index is 1.15. The molecule has 2 aromatic rings. The molecule has 6 N–H and O–H groups in total. The largest absolute Gasteiger partial charge is 0.437 e. The number of nitrogens with two attached hydrogens (primary N) is 1. The zero-order valence-corrected chi connectivity index (χ0v) is 30.4. The lowest BCUT2D eigenvalue weighted by Gasteiger charge is -2.36. The molecule has 5 heterocycles. The number of allylic oxidation sites excluding steroid dienone is 1. The summed E-state index contributed by atoms with van der Waals surface area (Å²) in [5.74, 6) is 11.2. The van der Waals surface area contributed by atoms with Crippen molar-refractivity contribution in [2.45, 2.75) is 109 Å². The molecule has 0 amide bonds. The Hall–Kier alpha value is -4.64. The fourth-order valence-electron chi connectivity index (χ4n) is 8.90. The lowest BCUT2D eigenvalue weighted by atomic mass is 9.73. The first-order chi connectivity index (χ1) is 25.8. The summed E-state index contributed by atoms with van der Waals surface area (Å²) in [4.78, 5) is 18.8. The third-order valence-electron chi connectivity index (χ3n) is 11.8. The van der Waals surface area contributed by atoms with Gasteiger partial charge in [0.15, 0.2) is 11.5 Å². The molecular weight excluding hydrogens is 665 g/mol. The number of carbonyl (C=O) groups excluding carboxylic acids is 1. The molecule has 274 valence electrons. The standard InChI is InChI=1S/C44H48N4O5/c1-2-3-4-7-30(49)24-31(50)10-8-28-9-15-40-41(22-28)53-43-37(44(19-21-52-40)17-5-6-18-44)13-14-39(51)33-11-12-34-32(16-20-46-42(34)45)35(33)23-29-25-47-38-27-48(43)26-36(29)38/h9,11-12,15-16,20,22,25-26,30,37,39,42-43,46,49,51H,2-8,10,17-18,23-24,27,45H2,1H3/p+1/t30-,37-,39-,42+,43+/m1/s1. The van der Waals surface area contributed by atoms with E-state index in [4.69, 9.17) is 20.2 Å². The second-order valence-electron chi connectivity index (χ2n) is 15.4. The van der Waals surface area contributed by atoms with E-state index >= 15 is 0 Å². The summed E-state index contributed by atoms with van der Waals surface area (Å²) in [5.41, 5.74) is 13.9. The molecule has 2 bridgehead atoms. The molecule has 5 aliphatic heterocycles. The van der Waals surface area contributed by atoms with Gasteiger partial charge in [0, 0.05) is 25.5 Å². The van der Waals surface area contributed by atoms with Gasteiger partial charge in [-0.25, -0.2) is 0 Å². The van der Waals surface area contributed by atoms with Crippen LogP contribution in [-0.2, 0) is 17.6 Å². The fourth-order valence-corrected chi connectivity index (χ4v) is 8.90. The van der Waals surface area contributed by atoms with Gasteiger partial charge >= 0.3 is 0 Å². The van der Waals surface area contributed by atoms with Crippen LogP contribution in [0.5, 0.6) is 11.5 Å². The first-order valence-electron chi connectivity index (χ1n) is 19.4. The Morgan fingerprint density at radius 2 is 2.00 bits per heavy atom. The van der Waals surface area contributed by atoms with Gasteiger partial charge in [0.05, 0.1) is 17.1 Å². The predicted octanol–water partition coefficient (Wildman–Crippen LogP) is 4.70. The van der Waals surface area contributed by atoms with E-state index in [9.17, 15) is 15.0 Å². The normalized spacial score (nSPS) is 26.1. The van der Waals surface area contributed by atoms with Gasteiger partial charge in [0.25, 0.3) is 6.23 Å². The van der Waals surface area contributed by atoms with Crippen LogP contribution in [0.4, 0.5) is 0 Å². The molecule has 6 aliphatic rings.